The van der Waals surface area contributed by atoms with Crippen molar-refractivity contribution in [3.8, 4) is 0 Å². The van der Waals surface area contributed by atoms with Crippen LogP contribution in [0.4, 0.5) is 0 Å². The third-order valence-corrected chi connectivity index (χ3v) is 6.93. The van der Waals surface area contributed by atoms with Crippen molar-refractivity contribution >= 4 is 15.9 Å². The van der Waals surface area contributed by atoms with E-state index in [1.165, 1.54) is 10.4 Å². The molecular formula is C20H25N3O3S. The summed E-state index contributed by atoms with van der Waals surface area (Å²) in [6.45, 7) is 5.37. The van der Waals surface area contributed by atoms with E-state index in [2.05, 4.69) is 17.2 Å². The van der Waals surface area contributed by atoms with Crippen molar-refractivity contribution in [2.75, 3.05) is 13.1 Å². The van der Waals surface area contributed by atoms with Crippen LogP contribution in [0.3, 0.4) is 0 Å². The number of piperidine rings is 1. The molecule has 1 aliphatic rings. The molecule has 0 atom stereocenters. The predicted octanol–water partition coefficient (Wildman–Crippen LogP) is 2.74. The minimum Gasteiger partial charge on any atom is -0.348 e. The minimum atomic E-state index is -3.58. The highest BCUT2D eigenvalue weighted by Gasteiger charge is 2.28. The highest BCUT2D eigenvalue weighted by atomic mass is 32.2. The highest BCUT2D eigenvalue weighted by molar-refractivity contribution is 7.89. The summed E-state index contributed by atoms with van der Waals surface area (Å²) in [5, 5.41) is 2.84. The lowest BCUT2D eigenvalue weighted by atomic mass is 10.0. The molecule has 3 rings (SSSR count). The Hall–Kier alpha value is -2.25. The van der Waals surface area contributed by atoms with Crippen molar-refractivity contribution in [2.45, 2.75) is 38.1 Å². The van der Waals surface area contributed by atoms with Gasteiger partial charge in [-0.05, 0) is 61.1 Å². The second kappa shape index (κ2) is 8.19. The van der Waals surface area contributed by atoms with E-state index in [4.69, 9.17) is 0 Å². The average molecular weight is 388 g/mol. The number of hydrogen-bond acceptors (Lipinski definition) is 4. The number of pyridine rings is 1. The zero-order chi connectivity index (χ0) is 19.4. The van der Waals surface area contributed by atoms with Gasteiger partial charge in [0.25, 0.3) is 5.91 Å². The van der Waals surface area contributed by atoms with Gasteiger partial charge in [-0.25, -0.2) is 8.42 Å². The molecule has 2 heterocycles. The number of benzene rings is 1. The Balaban J connectivity index is 1.78. The van der Waals surface area contributed by atoms with Gasteiger partial charge in [-0.1, -0.05) is 13.0 Å². The minimum absolute atomic E-state index is 0.178. The van der Waals surface area contributed by atoms with Gasteiger partial charge in [0.1, 0.15) is 0 Å². The summed E-state index contributed by atoms with van der Waals surface area (Å²) in [5.41, 5.74) is 2.06. The third-order valence-electron chi connectivity index (χ3n) is 5.04. The number of aromatic nitrogens is 1. The molecule has 0 spiro atoms. The van der Waals surface area contributed by atoms with Gasteiger partial charge in [-0.15, -0.1) is 0 Å². The number of carbonyl (C=O) groups excluding carboxylic acids is 1. The van der Waals surface area contributed by atoms with Crippen molar-refractivity contribution in [1.82, 2.24) is 14.6 Å². The van der Waals surface area contributed by atoms with E-state index in [0.717, 1.165) is 24.0 Å². The summed E-state index contributed by atoms with van der Waals surface area (Å²) in [4.78, 5) is 16.7. The Morgan fingerprint density at radius 3 is 2.52 bits per heavy atom. The van der Waals surface area contributed by atoms with Crippen LogP contribution in [0.15, 0.2) is 47.6 Å². The van der Waals surface area contributed by atoms with E-state index in [1.54, 1.807) is 31.5 Å². The third kappa shape index (κ3) is 4.54. The lowest BCUT2D eigenvalue weighted by Gasteiger charge is -2.29. The van der Waals surface area contributed by atoms with Crippen LogP contribution in [-0.4, -0.2) is 36.7 Å². The summed E-state index contributed by atoms with van der Waals surface area (Å²) in [6.07, 6.45) is 5.06. The van der Waals surface area contributed by atoms with E-state index in [0.29, 0.717) is 31.1 Å². The summed E-state index contributed by atoms with van der Waals surface area (Å²) in [6, 6.07) is 8.42. The molecule has 1 aromatic carbocycles. The van der Waals surface area contributed by atoms with E-state index in [9.17, 15) is 13.2 Å². The monoisotopic (exact) mass is 387 g/mol. The summed E-state index contributed by atoms with van der Waals surface area (Å²) in [7, 11) is -3.58. The second-order valence-corrected chi connectivity index (χ2v) is 9.04. The summed E-state index contributed by atoms with van der Waals surface area (Å²) in [5.74, 6) is 0.262. The van der Waals surface area contributed by atoms with Crippen LogP contribution in [0.25, 0.3) is 0 Å². The van der Waals surface area contributed by atoms with E-state index in [1.807, 2.05) is 12.1 Å². The standard InChI is InChI=1S/C20H25N3O3S/c1-15-7-11-23(12-8-15)27(25,26)18-4-3-16(2)19(13-18)20(24)22-14-17-5-9-21-10-6-17/h3-6,9-10,13,15H,7-8,11-12,14H2,1-2H3,(H,22,24). The lowest BCUT2D eigenvalue weighted by Crippen LogP contribution is -2.38. The van der Waals surface area contributed by atoms with Gasteiger partial charge in [0, 0.05) is 37.6 Å². The SMILES string of the molecule is Cc1ccc(S(=O)(=O)N2CCC(C)CC2)cc1C(=O)NCc1ccncc1. The number of nitrogens with zero attached hydrogens (tertiary/aromatic N) is 2. The average Bonchev–Trinajstić information content (AvgIpc) is 2.67. The zero-order valence-electron chi connectivity index (χ0n) is 15.7. The molecule has 0 radical (unpaired) electrons. The largest absolute Gasteiger partial charge is 0.348 e. The molecule has 0 unspecified atom stereocenters. The first-order valence-corrected chi connectivity index (χ1v) is 10.6. The fraction of sp³-hybridized carbons (Fsp3) is 0.400. The smallest absolute Gasteiger partial charge is 0.251 e. The van der Waals surface area contributed by atoms with Crippen molar-refractivity contribution in [3.63, 3.8) is 0 Å². The van der Waals surface area contributed by atoms with Crippen molar-refractivity contribution in [2.24, 2.45) is 5.92 Å². The highest BCUT2D eigenvalue weighted by Crippen LogP contribution is 2.25. The summed E-state index contributed by atoms with van der Waals surface area (Å²) < 4.78 is 27.4. The molecule has 144 valence electrons. The molecule has 1 fully saturated rings. The van der Waals surface area contributed by atoms with Crippen LogP contribution in [0.5, 0.6) is 0 Å². The van der Waals surface area contributed by atoms with Crippen LogP contribution in [0.1, 0.15) is 41.3 Å². The molecule has 2 aromatic rings. The van der Waals surface area contributed by atoms with Gasteiger partial charge in [0.2, 0.25) is 10.0 Å². The van der Waals surface area contributed by atoms with Crippen LogP contribution in [0, 0.1) is 12.8 Å². The molecule has 1 amide bonds. The fourth-order valence-corrected chi connectivity index (χ4v) is 4.66. The maximum atomic E-state index is 12.9. The van der Waals surface area contributed by atoms with Gasteiger partial charge in [0.05, 0.1) is 4.90 Å². The normalized spacial score (nSPS) is 16.2. The van der Waals surface area contributed by atoms with Gasteiger partial charge in [-0.3, -0.25) is 9.78 Å². The van der Waals surface area contributed by atoms with Crippen molar-refractivity contribution in [3.05, 3.63) is 59.4 Å². The molecule has 0 saturated carbocycles. The number of hydrogen-bond donors (Lipinski definition) is 1. The molecule has 0 aliphatic carbocycles. The Morgan fingerprint density at radius 1 is 1.19 bits per heavy atom. The Labute approximate surface area is 160 Å². The predicted molar refractivity (Wildman–Crippen MR) is 104 cm³/mol. The Morgan fingerprint density at radius 2 is 1.85 bits per heavy atom. The molecule has 7 heteroatoms. The fourth-order valence-electron chi connectivity index (χ4n) is 3.16. The summed E-state index contributed by atoms with van der Waals surface area (Å²) >= 11 is 0. The number of sulfonamides is 1. The molecule has 1 saturated heterocycles. The van der Waals surface area contributed by atoms with Crippen molar-refractivity contribution in [1.29, 1.82) is 0 Å². The van der Waals surface area contributed by atoms with E-state index < -0.39 is 10.0 Å². The first kappa shape index (κ1) is 19.5. The van der Waals surface area contributed by atoms with Crippen LogP contribution in [0.2, 0.25) is 0 Å². The van der Waals surface area contributed by atoms with E-state index in [-0.39, 0.29) is 10.8 Å². The van der Waals surface area contributed by atoms with Crippen molar-refractivity contribution < 1.29 is 13.2 Å². The van der Waals surface area contributed by atoms with Gasteiger partial charge in [0.15, 0.2) is 0 Å². The van der Waals surface area contributed by atoms with Crippen LogP contribution < -0.4 is 5.32 Å². The molecule has 1 aliphatic heterocycles. The number of carbonyl (C=O) groups is 1. The molecule has 1 aromatic heterocycles. The molecule has 0 bridgehead atoms. The van der Waals surface area contributed by atoms with Crippen LogP contribution >= 0.6 is 0 Å². The number of nitrogens with one attached hydrogen (secondary N) is 1. The Kier molecular flexibility index (Phi) is 5.92. The molecular weight excluding hydrogens is 362 g/mol. The van der Waals surface area contributed by atoms with Crippen LogP contribution in [-0.2, 0) is 16.6 Å². The first-order chi connectivity index (χ1) is 12.9. The first-order valence-electron chi connectivity index (χ1n) is 9.16. The number of amides is 1. The van der Waals surface area contributed by atoms with Gasteiger partial charge in [-0.2, -0.15) is 4.31 Å². The number of rotatable bonds is 5. The topological polar surface area (TPSA) is 79.4 Å². The maximum Gasteiger partial charge on any atom is 0.251 e. The lowest BCUT2D eigenvalue weighted by molar-refractivity contribution is 0.0950. The molecule has 6 nitrogen and oxygen atoms in total. The van der Waals surface area contributed by atoms with Gasteiger partial charge >= 0.3 is 0 Å². The molecule has 27 heavy (non-hydrogen) atoms. The number of aryl methyl sites for hydroxylation is 1. The maximum absolute atomic E-state index is 12.9. The Bertz CT molecular complexity index is 905. The van der Waals surface area contributed by atoms with Gasteiger partial charge < -0.3 is 5.32 Å². The molecule has 1 N–H and O–H groups in total. The van der Waals surface area contributed by atoms with E-state index >= 15 is 0 Å². The zero-order valence-corrected chi connectivity index (χ0v) is 16.5. The quantitative estimate of drug-likeness (QED) is 0.856. The second-order valence-electron chi connectivity index (χ2n) is 7.10.